The predicted molar refractivity (Wildman–Crippen MR) is 92.6 cm³/mol. The van der Waals surface area contributed by atoms with E-state index >= 15 is 0 Å². The normalized spacial score (nSPS) is 17.0. The van der Waals surface area contributed by atoms with Gasteiger partial charge in [-0.05, 0) is 38.7 Å². The summed E-state index contributed by atoms with van der Waals surface area (Å²) in [5.41, 5.74) is 1.85. The molecule has 9 heteroatoms. The molecule has 0 saturated carbocycles. The van der Waals surface area contributed by atoms with Gasteiger partial charge in [-0.2, -0.15) is 13.2 Å². The highest BCUT2D eigenvalue weighted by Crippen LogP contribution is 2.36. The van der Waals surface area contributed by atoms with Gasteiger partial charge >= 0.3 is 6.18 Å². The quantitative estimate of drug-likeness (QED) is 0.747. The van der Waals surface area contributed by atoms with Crippen LogP contribution >= 0.6 is 11.3 Å². The van der Waals surface area contributed by atoms with Crippen LogP contribution in [0.5, 0.6) is 5.19 Å². The molecule has 0 N–H and O–H groups in total. The molecule has 26 heavy (non-hydrogen) atoms. The summed E-state index contributed by atoms with van der Waals surface area (Å²) >= 11 is 0.274. The largest absolute Gasteiger partial charge is 0.459 e. The van der Waals surface area contributed by atoms with Crippen molar-refractivity contribution in [2.45, 2.75) is 53.3 Å². The number of halogens is 3. The van der Waals surface area contributed by atoms with E-state index in [9.17, 15) is 18.0 Å². The summed E-state index contributed by atoms with van der Waals surface area (Å²) < 4.78 is 42.8. The highest BCUT2D eigenvalue weighted by Gasteiger charge is 2.36. The fourth-order valence-electron chi connectivity index (χ4n) is 3.00. The summed E-state index contributed by atoms with van der Waals surface area (Å²) in [6, 6.07) is -0.112. The standard InChI is InChI=1S/C17H22F3N3O2S/c1-10(2)23(12-6-11(3)7-16(4,5)8-12)13(24)9-25-15-22-21-14(26-15)17(18,19)20/h6-7,10H,8-9H2,1-5H3. The molecule has 1 aromatic rings. The average Bonchev–Trinajstić information content (AvgIpc) is 2.91. The lowest BCUT2D eigenvalue weighted by Crippen LogP contribution is -2.41. The van der Waals surface area contributed by atoms with Crippen LogP contribution in [0.15, 0.2) is 23.4 Å². The number of nitrogens with zero attached hydrogens (tertiary/aromatic N) is 3. The molecule has 144 valence electrons. The van der Waals surface area contributed by atoms with Crippen LogP contribution in [0.25, 0.3) is 0 Å². The van der Waals surface area contributed by atoms with E-state index in [0.29, 0.717) is 6.42 Å². The number of aromatic nitrogens is 2. The number of amides is 1. The second-order valence-corrected chi connectivity index (χ2v) is 8.15. The summed E-state index contributed by atoms with van der Waals surface area (Å²) in [6.45, 7) is 9.51. The van der Waals surface area contributed by atoms with Gasteiger partial charge in [0, 0.05) is 11.7 Å². The molecule has 0 atom stereocenters. The van der Waals surface area contributed by atoms with Gasteiger partial charge in [0.1, 0.15) is 0 Å². The molecule has 5 nitrogen and oxygen atoms in total. The maximum Gasteiger partial charge on any atom is 0.445 e. The molecule has 0 saturated heterocycles. The molecule has 0 bridgehead atoms. The van der Waals surface area contributed by atoms with Crippen molar-refractivity contribution >= 4 is 17.2 Å². The first-order chi connectivity index (χ1) is 11.9. The van der Waals surface area contributed by atoms with Gasteiger partial charge in [0.25, 0.3) is 11.1 Å². The Labute approximate surface area is 154 Å². The van der Waals surface area contributed by atoms with E-state index in [2.05, 4.69) is 30.1 Å². The smallest absolute Gasteiger partial charge is 0.445 e. The molecule has 1 amide bonds. The lowest BCUT2D eigenvalue weighted by atomic mass is 9.81. The first kappa shape index (κ1) is 20.4. The van der Waals surface area contributed by atoms with E-state index in [0.717, 1.165) is 11.3 Å². The third kappa shape index (κ3) is 5.06. The van der Waals surface area contributed by atoms with Crippen LogP contribution in [0, 0.1) is 5.41 Å². The van der Waals surface area contributed by atoms with Crippen LogP contribution in [0.3, 0.4) is 0 Å². The summed E-state index contributed by atoms with van der Waals surface area (Å²) in [5, 5.41) is 5.00. The van der Waals surface area contributed by atoms with Crippen molar-refractivity contribution in [3.05, 3.63) is 28.4 Å². The van der Waals surface area contributed by atoms with Crippen molar-refractivity contribution in [2.24, 2.45) is 5.41 Å². The number of alkyl halides is 3. The van der Waals surface area contributed by atoms with Gasteiger partial charge in [-0.3, -0.25) is 4.79 Å². The van der Waals surface area contributed by atoms with Crippen LogP contribution in [0.1, 0.15) is 46.0 Å². The molecule has 1 aromatic heterocycles. The Morgan fingerprint density at radius 3 is 2.54 bits per heavy atom. The van der Waals surface area contributed by atoms with Crippen molar-refractivity contribution in [3.63, 3.8) is 0 Å². The predicted octanol–water partition coefficient (Wildman–Crippen LogP) is 4.43. The number of allylic oxidation sites excluding steroid dienone is 4. The Bertz CT molecular complexity index is 736. The molecule has 0 aromatic carbocycles. The van der Waals surface area contributed by atoms with Gasteiger partial charge in [0.05, 0.1) is 0 Å². The van der Waals surface area contributed by atoms with E-state index < -0.39 is 17.8 Å². The first-order valence-corrected chi connectivity index (χ1v) is 8.96. The fraction of sp³-hybridized carbons (Fsp3) is 0.588. The Kier molecular flexibility index (Phi) is 5.79. The molecule has 0 unspecified atom stereocenters. The van der Waals surface area contributed by atoms with Crippen LogP contribution in [0.2, 0.25) is 0 Å². The summed E-state index contributed by atoms with van der Waals surface area (Å²) in [4.78, 5) is 14.3. The first-order valence-electron chi connectivity index (χ1n) is 8.14. The number of rotatable bonds is 5. The molecular weight excluding hydrogens is 367 g/mol. The molecule has 0 radical (unpaired) electrons. The van der Waals surface area contributed by atoms with Crippen molar-refractivity contribution < 1.29 is 22.7 Å². The number of hydrogen-bond donors (Lipinski definition) is 0. The molecule has 0 spiro atoms. The summed E-state index contributed by atoms with van der Waals surface area (Å²) in [5.74, 6) is -0.333. The Balaban J connectivity index is 2.10. The van der Waals surface area contributed by atoms with E-state index in [-0.39, 0.29) is 33.9 Å². The van der Waals surface area contributed by atoms with Gasteiger partial charge in [-0.15, -0.1) is 5.10 Å². The van der Waals surface area contributed by atoms with Gasteiger partial charge in [-0.1, -0.05) is 41.9 Å². The lowest BCUT2D eigenvalue weighted by molar-refractivity contribution is -0.138. The van der Waals surface area contributed by atoms with Crippen molar-refractivity contribution in [1.82, 2.24) is 15.1 Å². The van der Waals surface area contributed by atoms with Gasteiger partial charge in [0.2, 0.25) is 5.01 Å². The third-order valence-electron chi connectivity index (χ3n) is 3.71. The van der Waals surface area contributed by atoms with E-state index in [1.807, 2.05) is 26.8 Å². The zero-order valence-corrected chi connectivity index (χ0v) is 16.2. The average molecular weight is 389 g/mol. The minimum atomic E-state index is -4.57. The van der Waals surface area contributed by atoms with E-state index in [1.165, 1.54) is 0 Å². The number of carbonyl (C=O) groups is 1. The molecule has 0 fully saturated rings. The van der Waals surface area contributed by atoms with Gasteiger partial charge < -0.3 is 9.64 Å². The van der Waals surface area contributed by atoms with Crippen LogP contribution < -0.4 is 4.74 Å². The molecule has 1 aliphatic carbocycles. The monoisotopic (exact) mass is 389 g/mol. The number of ether oxygens (including phenoxy) is 1. The highest BCUT2D eigenvalue weighted by molar-refractivity contribution is 7.13. The maximum absolute atomic E-state index is 12.7. The third-order valence-corrected chi connectivity index (χ3v) is 4.59. The van der Waals surface area contributed by atoms with Crippen molar-refractivity contribution in [3.8, 4) is 5.19 Å². The summed E-state index contributed by atoms with van der Waals surface area (Å²) in [7, 11) is 0. The van der Waals surface area contributed by atoms with Gasteiger partial charge in [0.15, 0.2) is 6.61 Å². The Morgan fingerprint density at radius 2 is 2.04 bits per heavy atom. The number of hydrogen-bond acceptors (Lipinski definition) is 5. The van der Waals surface area contributed by atoms with Gasteiger partial charge in [-0.25, -0.2) is 0 Å². The number of carbonyl (C=O) groups excluding carboxylic acids is 1. The Hall–Kier alpha value is -1.90. The minimum absolute atomic E-state index is 0.0801. The summed E-state index contributed by atoms with van der Waals surface area (Å²) in [6.07, 6.45) is 0.215. The molecule has 1 aliphatic rings. The van der Waals surface area contributed by atoms with Crippen LogP contribution in [-0.4, -0.2) is 33.7 Å². The van der Waals surface area contributed by atoms with Crippen molar-refractivity contribution in [2.75, 3.05) is 6.61 Å². The van der Waals surface area contributed by atoms with Crippen molar-refractivity contribution in [1.29, 1.82) is 0 Å². The molecular formula is C17H22F3N3O2S. The second-order valence-electron chi connectivity index (χ2n) is 7.21. The topological polar surface area (TPSA) is 55.3 Å². The highest BCUT2D eigenvalue weighted by atomic mass is 32.1. The molecule has 0 aliphatic heterocycles. The maximum atomic E-state index is 12.7. The fourth-order valence-corrected chi connectivity index (χ4v) is 3.56. The lowest BCUT2D eigenvalue weighted by Gasteiger charge is -2.35. The zero-order chi connectivity index (χ0) is 19.7. The van der Waals surface area contributed by atoms with E-state index in [1.54, 1.807) is 4.90 Å². The zero-order valence-electron chi connectivity index (χ0n) is 15.3. The molecule has 2 rings (SSSR count). The minimum Gasteiger partial charge on any atom is -0.459 e. The second kappa shape index (κ2) is 7.38. The molecule has 1 heterocycles. The van der Waals surface area contributed by atoms with Crippen LogP contribution in [0.4, 0.5) is 13.2 Å². The van der Waals surface area contributed by atoms with E-state index in [4.69, 9.17) is 4.74 Å². The SMILES string of the molecule is CC1=CC(C)(C)CC(N(C(=O)COc2nnc(C(F)(F)F)s2)C(C)C)=C1. The Morgan fingerprint density at radius 1 is 1.38 bits per heavy atom. The van der Waals surface area contributed by atoms with Crippen LogP contribution in [-0.2, 0) is 11.0 Å².